The Morgan fingerprint density at radius 1 is 1.44 bits per heavy atom. The molecule has 16 heavy (non-hydrogen) atoms. The van der Waals surface area contributed by atoms with Crippen LogP contribution < -0.4 is 0 Å². The predicted octanol–water partition coefficient (Wildman–Crippen LogP) is 3.10. The lowest BCUT2D eigenvalue weighted by Gasteiger charge is -2.24. The van der Waals surface area contributed by atoms with Crippen LogP contribution in [0, 0.1) is 0 Å². The van der Waals surface area contributed by atoms with E-state index in [2.05, 4.69) is 0 Å². The first kappa shape index (κ1) is 11.6. The summed E-state index contributed by atoms with van der Waals surface area (Å²) in [4.78, 5) is 12.2. The maximum Gasteiger partial charge on any atom is 0.186 e. The zero-order chi connectivity index (χ0) is 11.6. The van der Waals surface area contributed by atoms with E-state index in [1.54, 1.807) is 0 Å². The van der Waals surface area contributed by atoms with Gasteiger partial charge in [0.25, 0.3) is 0 Å². The van der Waals surface area contributed by atoms with Crippen LogP contribution in [0.2, 0.25) is 0 Å². The van der Waals surface area contributed by atoms with Gasteiger partial charge in [0.05, 0.1) is 0 Å². The van der Waals surface area contributed by atoms with E-state index in [4.69, 9.17) is 16.3 Å². The molecule has 0 amide bonds. The Morgan fingerprint density at radius 3 is 2.69 bits per heavy atom. The number of halogens is 1. The van der Waals surface area contributed by atoms with Gasteiger partial charge in [0.2, 0.25) is 0 Å². The van der Waals surface area contributed by atoms with E-state index in [9.17, 15) is 4.79 Å². The molecule has 1 aliphatic heterocycles. The first-order chi connectivity index (χ1) is 7.63. The molecular weight excluding hydrogens is 224 g/mol. The highest BCUT2D eigenvalue weighted by molar-refractivity contribution is 6.32. The second-order valence-corrected chi connectivity index (χ2v) is 4.76. The summed E-state index contributed by atoms with van der Waals surface area (Å²) < 4.78 is 5.51. The van der Waals surface area contributed by atoms with Crippen LogP contribution in [0.15, 0.2) is 30.3 Å². The Bertz CT molecular complexity index is 369. The van der Waals surface area contributed by atoms with Gasteiger partial charge in [-0.15, -0.1) is 11.6 Å². The van der Waals surface area contributed by atoms with Crippen LogP contribution in [-0.2, 0) is 9.53 Å². The van der Waals surface area contributed by atoms with Gasteiger partial charge in [-0.2, -0.15) is 0 Å². The Kier molecular flexibility index (Phi) is 3.31. The van der Waals surface area contributed by atoms with Gasteiger partial charge in [-0.05, 0) is 25.3 Å². The van der Waals surface area contributed by atoms with Gasteiger partial charge in [-0.3, -0.25) is 4.79 Å². The van der Waals surface area contributed by atoms with E-state index in [1.807, 2.05) is 37.3 Å². The third kappa shape index (κ3) is 2.13. The average Bonchev–Trinajstić information content (AvgIpc) is 2.77. The standard InChI is InChI=1S/C13H15ClO2/c1-13(8-5-9-16-13)12(15)11(14)10-6-3-2-4-7-10/h2-4,6-7,11H,5,8-9H2,1H3. The number of rotatable bonds is 3. The molecule has 1 fully saturated rings. The Hall–Kier alpha value is -0.860. The molecule has 0 bridgehead atoms. The number of alkyl halides is 1. The van der Waals surface area contributed by atoms with E-state index in [-0.39, 0.29) is 5.78 Å². The van der Waals surface area contributed by atoms with Crippen molar-refractivity contribution in [1.82, 2.24) is 0 Å². The molecule has 0 saturated carbocycles. The van der Waals surface area contributed by atoms with Gasteiger partial charge >= 0.3 is 0 Å². The minimum Gasteiger partial charge on any atom is -0.367 e. The minimum atomic E-state index is -0.692. The summed E-state index contributed by atoms with van der Waals surface area (Å²) in [6, 6.07) is 9.42. The molecule has 2 unspecified atom stereocenters. The molecule has 0 spiro atoms. The highest BCUT2D eigenvalue weighted by atomic mass is 35.5. The van der Waals surface area contributed by atoms with E-state index < -0.39 is 11.0 Å². The average molecular weight is 239 g/mol. The first-order valence-corrected chi connectivity index (χ1v) is 5.94. The van der Waals surface area contributed by atoms with Crippen molar-refractivity contribution < 1.29 is 9.53 Å². The minimum absolute atomic E-state index is 0.0298. The summed E-state index contributed by atoms with van der Waals surface area (Å²) in [5, 5.41) is -0.607. The summed E-state index contributed by atoms with van der Waals surface area (Å²) in [6.07, 6.45) is 1.70. The summed E-state index contributed by atoms with van der Waals surface area (Å²) in [5.74, 6) is -0.0298. The van der Waals surface area contributed by atoms with Crippen LogP contribution in [0.5, 0.6) is 0 Å². The van der Waals surface area contributed by atoms with E-state index in [0.717, 1.165) is 18.4 Å². The van der Waals surface area contributed by atoms with Crippen molar-refractivity contribution in [2.45, 2.75) is 30.7 Å². The second-order valence-electron chi connectivity index (χ2n) is 4.32. The highest BCUT2D eigenvalue weighted by Gasteiger charge is 2.41. The number of ether oxygens (including phenoxy) is 1. The molecular formula is C13H15ClO2. The van der Waals surface area contributed by atoms with Gasteiger partial charge in [0.1, 0.15) is 11.0 Å². The van der Waals surface area contributed by atoms with Gasteiger partial charge in [-0.25, -0.2) is 0 Å². The number of ketones is 1. The van der Waals surface area contributed by atoms with Crippen molar-refractivity contribution in [1.29, 1.82) is 0 Å². The van der Waals surface area contributed by atoms with Crippen molar-refractivity contribution in [3.05, 3.63) is 35.9 Å². The fraction of sp³-hybridized carbons (Fsp3) is 0.462. The number of carbonyl (C=O) groups is 1. The largest absolute Gasteiger partial charge is 0.367 e. The summed E-state index contributed by atoms with van der Waals surface area (Å²) in [6.45, 7) is 2.49. The van der Waals surface area contributed by atoms with Crippen LogP contribution in [0.1, 0.15) is 30.7 Å². The van der Waals surface area contributed by atoms with Crippen LogP contribution in [0.4, 0.5) is 0 Å². The van der Waals surface area contributed by atoms with Crippen molar-refractivity contribution in [3.63, 3.8) is 0 Å². The van der Waals surface area contributed by atoms with Crippen molar-refractivity contribution in [2.75, 3.05) is 6.61 Å². The van der Waals surface area contributed by atoms with Crippen molar-refractivity contribution >= 4 is 17.4 Å². The second kappa shape index (κ2) is 4.56. The molecule has 2 rings (SSSR count). The van der Waals surface area contributed by atoms with Crippen molar-refractivity contribution in [2.24, 2.45) is 0 Å². The molecule has 2 nitrogen and oxygen atoms in total. The molecule has 1 aromatic carbocycles. The molecule has 0 radical (unpaired) electrons. The summed E-state index contributed by atoms with van der Waals surface area (Å²) in [7, 11) is 0. The van der Waals surface area contributed by atoms with Crippen LogP contribution >= 0.6 is 11.6 Å². The summed E-state index contributed by atoms with van der Waals surface area (Å²) >= 11 is 6.20. The van der Waals surface area contributed by atoms with Crippen molar-refractivity contribution in [3.8, 4) is 0 Å². The Labute approximate surface area is 101 Å². The molecule has 1 aromatic rings. The van der Waals surface area contributed by atoms with E-state index in [1.165, 1.54) is 0 Å². The zero-order valence-electron chi connectivity index (χ0n) is 9.28. The Morgan fingerprint density at radius 2 is 2.12 bits per heavy atom. The van der Waals surface area contributed by atoms with Gasteiger partial charge in [0, 0.05) is 6.61 Å². The number of carbonyl (C=O) groups excluding carboxylic acids is 1. The SMILES string of the molecule is CC1(C(=O)C(Cl)c2ccccc2)CCCO1. The molecule has 1 aliphatic rings. The molecule has 1 saturated heterocycles. The lowest BCUT2D eigenvalue weighted by atomic mass is 9.92. The third-order valence-electron chi connectivity index (χ3n) is 3.06. The zero-order valence-corrected chi connectivity index (χ0v) is 10.0. The smallest absolute Gasteiger partial charge is 0.186 e. The van der Waals surface area contributed by atoms with Gasteiger partial charge < -0.3 is 4.74 Å². The van der Waals surface area contributed by atoms with E-state index in [0.29, 0.717) is 6.61 Å². The molecule has 0 aliphatic carbocycles. The predicted molar refractivity (Wildman–Crippen MR) is 63.6 cm³/mol. The van der Waals surface area contributed by atoms with Crippen LogP contribution in [0.3, 0.4) is 0 Å². The Balaban J connectivity index is 2.16. The quantitative estimate of drug-likeness (QED) is 0.757. The monoisotopic (exact) mass is 238 g/mol. The fourth-order valence-electron chi connectivity index (χ4n) is 2.01. The molecule has 3 heteroatoms. The third-order valence-corrected chi connectivity index (χ3v) is 3.51. The molecule has 1 heterocycles. The molecule has 2 atom stereocenters. The number of hydrogen-bond donors (Lipinski definition) is 0. The first-order valence-electron chi connectivity index (χ1n) is 5.51. The molecule has 0 N–H and O–H groups in total. The van der Waals surface area contributed by atoms with Gasteiger partial charge in [0.15, 0.2) is 5.78 Å². The topological polar surface area (TPSA) is 26.3 Å². The van der Waals surface area contributed by atoms with E-state index >= 15 is 0 Å². The van der Waals surface area contributed by atoms with Crippen LogP contribution in [0.25, 0.3) is 0 Å². The molecule has 86 valence electrons. The highest BCUT2D eigenvalue weighted by Crippen LogP contribution is 2.34. The maximum atomic E-state index is 12.2. The number of hydrogen-bond acceptors (Lipinski definition) is 2. The number of Topliss-reactive ketones (excluding diaryl/α,β-unsaturated/α-hetero) is 1. The fourth-order valence-corrected chi connectivity index (χ4v) is 2.39. The number of benzene rings is 1. The normalized spacial score (nSPS) is 26.6. The molecule has 0 aromatic heterocycles. The lowest BCUT2D eigenvalue weighted by Crippen LogP contribution is -2.36. The summed E-state index contributed by atoms with van der Waals surface area (Å²) in [5.41, 5.74) is 0.147. The van der Waals surface area contributed by atoms with Crippen LogP contribution in [-0.4, -0.2) is 18.0 Å². The van der Waals surface area contributed by atoms with Gasteiger partial charge in [-0.1, -0.05) is 30.3 Å². The maximum absolute atomic E-state index is 12.2. The lowest BCUT2D eigenvalue weighted by molar-refractivity contribution is -0.136.